The van der Waals surface area contributed by atoms with E-state index in [2.05, 4.69) is 10.0 Å². The molecule has 0 aromatic heterocycles. The molecule has 1 fully saturated rings. The summed E-state index contributed by atoms with van der Waals surface area (Å²) in [7, 11) is -2.81. The molecule has 130 valence electrons. The molecular weight excluding hydrogens is 337 g/mol. The Labute approximate surface area is 140 Å². The number of hydrogen-bond acceptors (Lipinski definition) is 5. The van der Waals surface area contributed by atoms with E-state index in [0.717, 1.165) is 0 Å². The fourth-order valence-corrected chi connectivity index (χ4v) is 3.09. The molecule has 1 aliphatic heterocycles. The summed E-state index contributed by atoms with van der Waals surface area (Å²) in [6, 6.07) is 6.19. The van der Waals surface area contributed by atoms with Gasteiger partial charge in [0.05, 0.1) is 11.5 Å². The minimum atomic E-state index is -2.81. The van der Waals surface area contributed by atoms with Crippen LogP contribution in [0.25, 0.3) is 0 Å². The number of benzene rings is 1. The summed E-state index contributed by atoms with van der Waals surface area (Å²) in [5.41, 5.74) is -0.266. The molecule has 1 heterocycles. The number of nitrogens with one attached hydrogen (secondary N) is 2. The molecule has 0 atom stereocenters. The highest BCUT2D eigenvalue weighted by molar-refractivity contribution is 7.70. The number of ether oxygens (including phenoxy) is 1. The van der Waals surface area contributed by atoms with Gasteiger partial charge in [-0.15, -0.1) is 0 Å². The van der Waals surface area contributed by atoms with E-state index in [4.69, 9.17) is 10.00 Å². The van der Waals surface area contributed by atoms with Gasteiger partial charge in [0.2, 0.25) is 16.8 Å². The Bertz CT molecular complexity index is 716. The molecule has 2 N–H and O–H groups in total. The predicted molar refractivity (Wildman–Crippen MR) is 83.9 cm³/mol. The molecule has 0 unspecified atom stereocenters. The maximum absolute atomic E-state index is 14.3. The van der Waals surface area contributed by atoms with Crippen LogP contribution in [0.1, 0.15) is 24.0 Å². The molecule has 0 bridgehead atoms. The van der Waals surface area contributed by atoms with Crippen LogP contribution in [0.2, 0.25) is 0 Å². The van der Waals surface area contributed by atoms with Gasteiger partial charge < -0.3 is 10.1 Å². The largest absolute Gasteiger partial charge is 0.381 e. The Balaban J connectivity index is 2.31. The fraction of sp³-hybridized carbons (Fsp3) is 0.467. The minimum absolute atomic E-state index is 0.123. The standard InChI is InChI=1S/C15H18FN3O4S/c16-13-9-12(2-1-11(13)10-19-24(21)22)15(3-7-23-8-4-15)14(20)18-6-5-17/h1-2,9,24H,3-4,6-8,10H2,(H,18,20)(H,19,21,22). The Kier molecular flexibility index (Phi) is 6.25. The topological polar surface area (TPSA) is 108 Å². The molecule has 2 rings (SSSR count). The summed E-state index contributed by atoms with van der Waals surface area (Å²) in [5, 5.41) is 11.2. The molecule has 7 nitrogen and oxygen atoms in total. The van der Waals surface area contributed by atoms with Crippen LogP contribution in [-0.2, 0) is 32.4 Å². The molecule has 24 heavy (non-hydrogen) atoms. The number of nitrogens with zero attached hydrogens (tertiary/aromatic N) is 1. The number of carbonyl (C=O) groups excluding carboxylic acids is 1. The Morgan fingerprint density at radius 3 is 2.67 bits per heavy atom. The second-order valence-electron chi connectivity index (χ2n) is 5.43. The normalized spacial score (nSPS) is 16.5. The number of amides is 1. The summed E-state index contributed by atoms with van der Waals surface area (Å²) in [6.45, 7) is 0.452. The number of hydrogen-bond donors (Lipinski definition) is 3. The second-order valence-corrected chi connectivity index (χ2v) is 6.26. The predicted octanol–water partition coefficient (Wildman–Crippen LogP) is 0.130. The van der Waals surface area contributed by atoms with Crippen molar-refractivity contribution in [2.45, 2.75) is 24.8 Å². The lowest BCUT2D eigenvalue weighted by molar-refractivity contribution is -0.130. The van der Waals surface area contributed by atoms with E-state index in [0.29, 0.717) is 31.6 Å². The molecule has 1 aliphatic rings. The van der Waals surface area contributed by atoms with Crippen LogP contribution in [0.3, 0.4) is 0 Å². The van der Waals surface area contributed by atoms with Gasteiger partial charge in [0, 0.05) is 25.3 Å². The molecule has 1 aromatic rings. The van der Waals surface area contributed by atoms with Crippen molar-refractivity contribution >= 4 is 16.8 Å². The summed E-state index contributed by atoms with van der Waals surface area (Å²) < 4.78 is 42.8. The molecule has 1 aromatic carbocycles. The Morgan fingerprint density at radius 2 is 2.08 bits per heavy atom. The summed E-state index contributed by atoms with van der Waals surface area (Å²) in [5.74, 6) is -0.920. The van der Waals surface area contributed by atoms with Gasteiger partial charge in [-0.3, -0.25) is 4.79 Å². The smallest absolute Gasteiger partial charge is 0.231 e. The van der Waals surface area contributed by atoms with E-state index in [1.165, 1.54) is 12.1 Å². The number of nitriles is 1. The lowest BCUT2D eigenvalue weighted by Gasteiger charge is -2.36. The quantitative estimate of drug-likeness (QED) is 0.497. The lowest BCUT2D eigenvalue weighted by Crippen LogP contribution is -2.48. The molecule has 1 amide bonds. The average molecular weight is 355 g/mol. The highest BCUT2D eigenvalue weighted by atomic mass is 32.2. The van der Waals surface area contributed by atoms with Gasteiger partial charge in [0.1, 0.15) is 12.4 Å². The third-order valence-corrected chi connectivity index (χ3v) is 4.53. The third kappa shape index (κ3) is 4.08. The van der Waals surface area contributed by atoms with E-state index in [9.17, 15) is 17.6 Å². The van der Waals surface area contributed by atoms with Crippen LogP contribution in [-0.4, -0.2) is 34.1 Å². The van der Waals surface area contributed by atoms with Gasteiger partial charge >= 0.3 is 0 Å². The van der Waals surface area contributed by atoms with E-state index < -0.39 is 22.1 Å². The molecule has 1 saturated heterocycles. The van der Waals surface area contributed by atoms with Crippen LogP contribution in [0.5, 0.6) is 0 Å². The molecule has 0 spiro atoms. The van der Waals surface area contributed by atoms with Crippen LogP contribution < -0.4 is 10.0 Å². The van der Waals surface area contributed by atoms with Crippen molar-refractivity contribution in [2.75, 3.05) is 19.8 Å². The van der Waals surface area contributed by atoms with Crippen molar-refractivity contribution in [2.24, 2.45) is 0 Å². The van der Waals surface area contributed by atoms with Crippen molar-refractivity contribution in [1.29, 1.82) is 5.26 Å². The van der Waals surface area contributed by atoms with Crippen LogP contribution >= 0.6 is 0 Å². The zero-order chi connectivity index (χ0) is 17.6. The monoisotopic (exact) mass is 355 g/mol. The van der Waals surface area contributed by atoms with Crippen LogP contribution in [0.15, 0.2) is 18.2 Å². The third-order valence-electron chi connectivity index (χ3n) is 4.11. The molecule has 0 saturated carbocycles. The van der Waals surface area contributed by atoms with E-state index in [1.54, 1.807) is 6.07 Å². The highest BCUT2D eigenvalue weighted by Crippen LogP contribution is 2.36. The van der Waals surface area contributed by atoms with E-state index >= 15 is 0 Å². The van der Waals surface area contributed by atoms with Gasteiger partial charge in [0.15, 0.2) is 0 Å². The summed E-state index contributed by atoms with van der Waals surface area (Å²) in [4.78, 5) is 12.6. The fourth-order valence-electron chi connectivity index (χ4n) is 2.79. The zero-order valence-corrected chi connectivity index (χ0v) is 13.8. The van der Waals surface area contributed by atoms with Crippen molar-refractivity contribution in [3.05, 3.63) is 35.1 Å². The van der Waals surface area contributed by atoms with Gasteiger partial charge in [-0.05, 0) is 24.5 Å². The highest BCUT2D eigenvalue weighted by Gasteiger charge is 2.41. The first kappa shape index (κ1) is 18.3. The number of halogens is 1. The first-order valence-corrected chi connectivity index (χ1v) is 8.57. The summed E-state index contributed by atoms with van der Waals surface area (Å²) >= 11 is 0. The van der Waals surface area contributed by atoms with Gasteiger partial charge in [-0.25, -0.2) is 17.5 Å². The lowest BCUT2D eigenvalue weighted by atomic mass is 9.73. The number of thiol groups is 1. The minimum Gasteiger partial charge on any atom is -0.381 e. The molecule has 0 aliphatic carbocycles. The second kappa shape index (κ2) is 8.19. The zero-order valence-electron chi connectivity index (χ0n) is 12.9. The first-order valence-electron chi connectivity index (χ1n) is 7.39. The SMILES string of the molecule is N#CCNC(=O)C1(c2ccc(CN[SH](=O)=O)c(F)c2)CCOCC1. The average Bonchev–Trinajstić information content (AvgIpc) is 2.58. The Hall–Kier alpha value is -2.02. The van der Waals surface area contributed by atoms with Gasteiger partial charge in [0.25, 0.3) is 0 Å². The van der Waals surface area contributed by atoms with Crippen molar-refractivity contribution < 1.29 is 22.3 Å². The Morgan fingerprint density at radius 1 is 1.38 bits per heavy atom. The van der Waals surface area contributed by atoms with E-state index in [1.807, 2.05) is 6.07 Å². The number of rotatable bonds is 6. The van der Waals surface area contributed by atoms with Crippen molar-refractivity contribution in [1.82, 2.24) is 10.0 Å². The maximum Gasteiger partial charge on any atom is 0.231 e. The first-order chi connectivity index (χ1) is 11.5. The van der Waals surface area contributed by atoms with Crippen molar-refractivity contribution in [3.8, 4) is 6.07 Å². The maximum atomic E-state index is 14.3. The van der Waals surface area contributed by atoms with E-state index in [-0.39, 0.29) is 24.6 Å². The number of carbonyl (C=O) groups is 1. The van der Waals surface area contributed by atoms with Gasteiger partial charge in [-0.1, -0.05) is 12.1 Å². The van der Waals surface area contributed by atoms with Gasteiger partial charge in [-0.2, -0.15) is 5.26 Å². The summed E-state index contributed by atoms with van der Waals surface area (Å²) in [6.07, 6.45) is 0.765. The molecule has 0 radical (unpaired) electrons. The molecule has 9 heteroatoms. The van der Waals surface area contributed by atoms with Crippen LogP contribution in [0.4, 0.5) is 4.39 Å². The molecular formula is C15H18FN3O4S. The van der Waals surface area contributed by atoms with Crippen LogP contribution in [0, 0.1) is 17.1 Å². The van der Waals surface area contributed by atoms with Crippen molar-refractivity contribution in [3.63, 3.8) is 0 Å².